The van der Waals surface area contributed by atoms with Gasteiger partial charge in [0.15, 0.2) is 23.3 Å². The highest BCUT2D eigenvalue weighted by atomic mass is 19.2. The fourth-order valence-corrected chi connectivity index (χ4v) is 1.23. The Hall–Kier alpha value is -1.85. The van der Waals surface area contributed by atoms with Gasteiger partial charge in [-0.3, -0.25) is 0 Å². The Labute approximate surface area is 83.2 Å². The van der Waals surface area contributed by atoms with Crippen LogP contribution in [0.15, 0.2) is 18.5 Å². The third-order valence-corrected chi connectivity index (χ3v) is 1.99. The summed E-state index contributed by atoms with van der Waals surface area (Å²) in [7, 11) is 1.58. The number of rotatable bonds is 1. The third kappa shape index (κ3) is 1.47. The van der Waals surface area contributed by atoms with Gasteiger partial charge in [0.05, 0.1) is 5.56 Å². The van der Waals surface area contributed by atoms with E-state index in [1.807, 2.05) is 0 Å². The van der Waals surface area contributed by atoms with Crippen LogP contribution in [0.2, 0.25) is 0 Å². The van der Waals surface area contributed by atoms with Gasteiger partial charge in [-0.25, -0.2) is 13.2 Å². The lowest BCUT2D eigenvalue weighted by atomic mass is 10.2. The summed E-state index contributed by atoms with van der Waals surface area (Å²) in [5, 5.41) is 7.12. The molecule has 0 spiro atoms. The van der Waals surface area contributed by atoms with E-state index in [0.717, 1.165) is 12.1 Å². The number of benzene rings is 1. The lowest BCUT2D eigenvalue weighted by Crippen LogP contribution is -1.98. The molecule has 0 aliphatic heterocycles. The van der Waals surface area contributed by atoms with Crippen LogP contribution in [0.1, 0.15) is 0 Å². The standard InChI is InChI=1S/C9H6F3N3/c1-15-4-13-14-9(15)5-2-3-6(10)8(12)7(5)11/h2-4H,1H3. The second-order valence-corrected chi connectivity index (χ2v) is 2.99. The van der Waals surface area contributed by atoms with Gasteiger partial charge >= 0.3 is 0 Å². The molecular formula is C9H6F3N3. The second-order valence-electron chi connectivity index (χ2n) is 2.99. The quantitative estimate of drug-likeness (QED) is 0.677. The summed E-state index contributed by atoms with van der Waals surface area (Å²) >= 11 is 0. The minimum atomic E-state index is -1.50. The molecule has 2 rings (SSSR count). The predicted molar refractivity (Wildman–Crippen MR) is 46.3 cm³/mol. The monoisotopic (exact) mass is 213 g/mol. The van der Waals surface area contributed by atoms with Gasteiger partial charge in [-0.15, -0.1) is 10.2 Å². The Morgan fingerprint density at radius 1 is 1.13 bits per heavy atom. The van der Waals surface area contributed by atoms with Crippen LogP contribution in [-0.4, -0.2) is 14.8 Å². The number of nitrogens with zero attached hydrogens (tertiary/aromatic N) is 3. The number of hydrogen-bond acceptors (Lipinski definition) is 2. The molecule has 0 saturated carbocycles. The van der Waals surface area contributed by atoms with Crippen LogP contribution in [0, 0.1) is 17.5 Å². The fourth-order valence-electron chi connectivity index (χ4n) is 1.23. The van der Waals surface area contributed by atoms with Crippen molar-refractivity contribution < 1.29 is 13.2 Å². The molecule has 0 aliphatic rings. The average molecular weight is 213 g/mol. The molecule has 1 heterocycles. The van der Waals surface area contributed by atoms with Crippen LogP contribution in [-0.2, 0) is 7.05 Å². The first-order chi connectivity index (χ1) is 7.11. The first-order valence-electron chi connectivity index (χ1n) is 4.09. The van der Waals surface area contributed by atoms with Crippen molar-refractivity contribution in [3.05, 3.63) is 35.9 Å². The van der Waals surface area contributed by atoms with Gasteiger partial charge in [0.2, 0.25) is 0 Å². The molecule has 0 bridgehead atoms. The number of halogens is 3. The maximum absolute atomic E-state index is 13.3. The maximum Gasteiger partial charge on any atom is 0.195 e. The van der Waals surface area contributed by atoms with Gasteiger partial charge < -0.3 is 4.57 Å². The van der Waals surface area contributed by atoms with Crippen LogP contribution in [0.3, 0.4) is 0 Å². The lowest BCUT2D eigenvalue weighted by molar-refractivity contribution is 0.448. The zero-order valence-electron chi connectivity index (χ0n) is 7.71. The number of hydrogen-bond donors (Lipinski definition) is 0. The molecule has 6 heteroatoms. The number of aryl methyl sites for hydroxylation is 1. The van der Waals surface area contributed by atoms with Gasteiger partial charge in [-0.05, 0) is 12.1 Å². The average Bonchev–Trinajstić information content (AvgIpc) is 2.62. The summed E-state index contributed by atoms with van der Waals surface area (Å²) in [5.41, 5.74) is -0.117. The van der Waals surface area contributed by atoms with Crippen LogP contribution in [0.5, 0.6) is 0 Å². The molecule has 0 unspecified atom stereocenters. The Morgan fingerprint density at radius 3 is 2.47 bits per heavy atom. The summed E-state index contributed by atoms with van der Waals surface area (Å²) in [5.74, 6) is -3.84. The van der Waals surface area contributed by atoms with Crippen LogP contribution in [0.25, 0.3) is 11.4 Å². The van der Waals surface area contributed by atoms with E-state index in [1.165, 1.54) is 10.9 Å². The normalized spacial score (nSPS) is 10.7. The Morgan fingerprint density at radius 2 is 1.87 bits per heavy atom. The highest BCUT2D eigenvalue weighted by molar-refractivity contribution is 5.55. The van der Waals surface area contributed by atoms with Crippen molar-refractivity contribution in [1.29, 1.82) is 0 Å². The summed E-state index contributed by atoms with van der Waals surface area (Å²) < 4.78 is 40.3. The summed E-state index contributed by atoms with van der Waals surface area (Å²) in [6.45, 7) is 0. The van der Waals surface area contributed by atoms with Crippen molar-refractivity contribution in [2.75, 3.05) is 0 Å². The summed E-state index contributed by atoms with van der Waals surface area (Å²) in [4.78, 5) is 0. The van der Waals surface area contributed by atoms with E-state index in [4.69, 9.17) is 0 Å². The van der Waals surface area contributed by atoms with E-state index in [9.17, 15) is 13.2 Å². The van der Waals surface area contributed by atoms with Gasteiger partial charge in [-0.1, -0.05) is 0 Å². The Kier molecular flexibility index (Phi) is 2.18. The first kappa shape index (κ1) is 9.70. The molecule has 15 heavy (non-hydrogen) atoms. The molecule has 0 radical (unpaired) electrons. The van der Waals surface area contributed by atoms with E-state index in [-0.39, 0.29) is 11.4 Å². The van der Waals surface area contributed by atoms with Gasteiger partial charge in [0.25, 0.3) is 0 Å². The van der Waals surface area contributed by atoms with Crippen molar-refractivity contribution in [1.82, 2.24) is 14.8 Å². The zero-order valence-corrected chi connectivity index (χ0v) is 7.71. The van der Waals surface area contributed by atoms with Gasteiger partial charge in [-0.2, -0.15) is 0 Å². The van der Waals surface area contributed by atoms with Crippen molar-refractivity contribution in [2.24, 2.45) is 7.05 Å². The first-order valence-corrected chi connectivity index (χ1v) is 4.09. The minimum Gasteiger partial charge on any atom is -0.317 e. The van der Waals surface area contributed by atoms with Crippen LogP contribution in [0.4, 0.5) is 13.2 Å². The molecular weight excluding hydrogens is 207 g/mol. The van der Waals surface area contributed by atoms with Crippen molar-refractivity contribution >= 4 is 0 Å². The van der Waals surface area contributed by atoms with E-state index in [1.54, 1.807) is 7.05 Å². The smallest absolute Gasteiger partial charge is 0.195 e. The van der Waals surface area contributed by atoms with Crippen molar-refractivity contribution in [3.8, 4) is 11.4 Å². The predicted octanol–water partition coefficient (Wildman–Crippen LogP) is 1.90. The molecule has 0 fully saturated rings. The molecule has 0 amide bonds. The van der Waals surface area contributed by atoms with Gasteiger partial charge in [0, 0.05) is 7.05 Å². The second kappa shape index (κ2) is 3.38. The van der Waals surface area contributed by atoms with Crippen molar-refractivity contribution in [3.63, 3.8) is 0 Å². The molecule has 2 aromatic rings. The molecule has 0 saturated heterocycles. The summed E-state index contributed by atoms with van der Waals surface area (Å²) in [6.07, 6.45) is 1.34. The van der Waals surface area contributed by atoms with E-state index in [0.29, 0.717) is 0 Å². The molecule has 0 atom stereocenters. The van der Waals surface area contributed by atoms with Crippen molar-refractivity contribution in [2.45, 2.75) is 0 Å². The molecule has 0 N–H and O–H groups in total. The maximum atomic E-state index is 13.3. The van der Waals surface area contributed by atoms with E-state index >= 15 is 0 Å². The highest BCUT2D eigenvalue weighted by Crippen LogP contribution is 2.23. The highest BCUT2D eigenvalue weighted by Gasteiger charge is 2.17. The molecule has 78 valence electrons. The topological polar surface area (TPSA) is 30.7 Å². The van der Waals surface area contributed by atoms with E-state index in [2.05, 4.69) is 10.2 Å². The molecule has 3 nitrogen and oxygen atoms in total. The zero-order chi connectivity index (χ0) is 11.0. The Bertz CT molecular complexity index is 507. The lowest BCUT2D eigenvalue weighted by Gasteiger charge is -2.03. The Balaban J connectivity index is 2.65. The molecule has 1 aromatic carbocycles. The largest absolute Gasteiger partial charge is 0.317 e. The number of aromatic nitrogens is 3. The van der Waals surface area contributed by atoms with Gasteiger partial charge in [0.1, 0.15) is 6.33 Å². The minimum absolute atomic E-state index is 0.117. The van der Waals surface area contributed by atoms with E-state index < -0.39 is 17.5 Å². The summed E-state index contributed by atoms with van der Waals surface area (Å²) in [6, 6.07) is 1.97. The fraction of sp³-hybridized carbons (Fsp3) is 0.111. The SMILES string of the molecule is Cn1cnnc1-c1ccc(F)c(F)c1F. The molecule has 0 aliphatic carbocycles. The van der Waals surface area contributed by atoms with Crippen LogP contribution >= 0.6 is 0 Å². The molecule has 1 aromatic heterocycles. The van der Waals surface area contributed by atoms with Crippen LogP contribution < -0.4 is 0 Å². The third-order valence-electron chi connectivity index (χ3n) is 1.99.